The van der Waals surface area contributed by atoms with Crippen LogP contribution in [0, 0.1) is 6.92 Å². The van der Waals surface area contributed by atoms with Crippen molar-refractivity contribution in [3.63, 3.8) is 0 Å². The van der Waals surface area contributed by atoms with Crippen LogP contribution in [0.3, 0.4) is 0 Å². The quantitative estimate of drug-likeness (QED) is 0.687. The number of benzene rings is 1. The highest BCUT2D eigenvalue weighted by molar-refractivity contribution is 5.93. The molecule has 0 spiro atoms. The lowest BCUT2D eigenvalue weighted by Crippen LogP contribution is -2.50. The third-order valence-electron chi connectivity index (χ3n) is 5.32. The Morgan fingerprint density at radius 1 is 1.10 bits per heavy atom. The molecule has 1 aliphatic heterocycles. The number of fused-ring (bicyclic) bond motifs is 1. The lowest BCUT2D eigenvalue weighted by Gasteiger charge is -2.33. The second kappa shape index (κ2) is 8.58. The molecule has 0 saturated carbocycles. The minimum Gasteiger partial charge on any atom is -0.333 e. The SMILES string of the molecule is CCc1ccccc1NC(=O)CN1CCN(C(=O)c2nc3nccc(C)n3n2)CC1. The van der Waals surface area contributed by atoms with E-state index in [0.29, 0.717) is 38.5 Å². The summed E-state index contributed by atoms with van der Waals surface area (Å²) in [4.78, 5) is 37.4. The Hall–Kier alpha value is -3.33. The van der Waals surface area contributed by atoms with Gasteiger partial charge < -0.3 is 10.2 Å². The summed E-state index contributed by atoms with van der Waals surface area (Å²) in [7, 11) is 0. The van der Waals surface area contributed by atoms with E-state index in [1.807, 2.05) is 37.3 Å². The Balaban J connectivity index is 1.32. The van der Waals surface area contributed by atoms with Gasteiger partial charge in [0.25, 0.3) is 11.7 Å². The largest absolute Gasteiger partial charge is 0.333 e. The van der Waals surface area contributed by atoms with Gasteiger partial charge in [-0.2, -0.15) is 4.98 Å². The molecular weight excluding hydrogens is 382 g/mol. The lowest BCUT2D eigenvalue weighted by molar-refractivity contribution is -0.117. The number of piperazine rings is 1. The molecule has 0 atom stereocenters. The number of hydrogen-bond acceptors (Lipinski definition) is 6. The van der Waals surface area contributed by atoms with E-state index < -0.39 is 0 Å². The summed E-state index contributed by atoms with van der Waals surface area (Å²) in [5.74, 6) is 0.320. The van der Waals surface area contributed by atoms with E-state index in [1.165, 1.54) is 0 Å². The van der Waals surface area contributed by atoms with Gasteiger partial charge >= 0.3 is 0 Å². The minimum atomic E-state index is -0.208. The van der Waals surface area contributed by atoms with Gasteiger partial charge in [-0.05, 0) is 31.0 Å². The van der Waals surface area contributed by atoms with Crippen molar-refractivity contribution in [1.82, 2.24) is 29.4 Å². The van der Waals surface area contributed by atoms with Crippen molar-refractivity contribution in [3.05, 3.63) is 53.6 Å². The Bertz CT molecular complexity index is 1070. The van der Waals surface area contributed by atoms with Crippen LogP contribution in [0.1, 0.15) is 28.8 Å². The summed E-state index contributed by atoms with van der Waals surface area (Å²) in [6.07, 6.45) is 2.51. The molecule has 1 saturated heterocycles. The second-order valence-electron chi connectivity index (χ2n) is 7.36. The van der Waals surface area contributed by atoms with Crippen LogP contribution in [0.25, 0.3) is 5.78 Å². The van der Waals surface area contributed by atoms with Crippen molar-refractivity contribution in [3.8, 4) is 0 Å². The first-order chi connectivity index (χ1) is 14.5. The maximum Gasteiger partial charge on any atom is 0.293 e. The molecule has 9 nitrogen and oxygen atoms in total. The van der Waals surface area contributed by atoms with Crippen LogP contribution in [-0.4, -0.2) is 73.9 Å². The molecule has 2 amide bonds. The van der Waals surface area contributed by atoms with Crippen molar-refractivity contribution in [2.75, 3.05) is 38.0 Å². The van der Waals surface area contributed by atoms with Gasteiger partial charge in [-0.15, -0.1) is 5.10 Å². The molecule has 1 aromatic carbocycles. The van der Waals surface area contributed by atoms with Gasteiger partial charge in [0.1, 0.15) is 0 Å². The van der Waals surface area contributed by atoms with E-state index >= 15 is 0 Å². The Morgan fingerprint density at radius 2 is 1.87 bits per heavy atom. The molecular formula is C21H25N7O2. The number of carbonyl (C=O) groups is 2. The van der Waals surface area contributed by atoms with Gasteiger partial charge in [0.15, 0.2) is 0 Å². The first kappa shape index (κ1) is 20.0. The number of aromatic nitrogens is 4. The molecule has 4 rings (SSSR count). The number of carbonyl (C=O) groups excluding carboxylic acids is 2. The number of rotatable bonds is 5. The van der Waals surface area contributed by atoms with E-state index in [0.717, 1.165) is 23.4 Å². The van der Waals surface area contributed by atoms with E-state index in [9.17, 15) is 9.59 Å². The highest BCUT2D eigenvalue weighted by Gasteiger charge is 2.26. The van der Waals surface area contributed by atoms with Gasteiger partial charge in [-0.25, -0.2) is 9.50 Å². The summed E-state index contributed by atoms with van der Waals surface area (Å²) < 4.78 is 1.57. The summed E-state index contributed by atoms with van der Waals surface area (Å²) in [5.41, 5.74) is 2.85. The standard InChI is InChI=1S/C21H25N7O2/c1-3-16-6-4-5-7-17(16)23-18(29)14-26-10-12-27(13-11-26)20(30)19-24-21-22-9-8-15(2)28(21)25-19/h4-9H,3,10-14H2,1-2H3,(H,23,29). The van der Waals surface area contributed by atoms with Crippen LogP contribution in [0.4, 0.5) is 5.69 Å². The first-order valence-corrected chi connectivity index (χ1v) is 10.1. The van der Waals surface area contributed by atoms with Crippen molar-refractivity contribution >= 4 is 23.3 Å². The number of nitrogens with zero attached hydrogens (tertiary/aromatic N) is 6. The smallest absolute Gasteiger partial charge is 0.293 e. The highest BCUT2D eigenvalue weighted by atomic mass is 16.2. The number of nitrogens with one attached hydrogen (secondary N) is 1. The summed E-state index contributed by atoms with van der Waals surface area (Å²) >= 11 is 0. The Labute approximate surface area is 174 Å². The molecule has 9 heteroatoms. The van der Waals surface area contributed by atoms with Gasteiger partial charge in [0, 0.05) is 43.8 Å². The Morgan fingerprint density at radius 3 is 2.60 bits per heavy atom. The number of hydrogen-bond donors (Lipinski definition) is 1. The van der Waals surface area contributed by atoms with Gasteiger partial charge in [0.05, 0.1) is 6.54 Å². The predicted molar refractivity (Wildman–Crippen MR) is 112 cm³/mol. The zero-order valence-electron chi connectivity index (χ0n) is 17.2. The van der Waals surface area contributed by atoms with E-state index in [2.05, 4.69) is 32.2 Å². The fraction of sp³-hybridized carbons (Fsp3) is 0.381. The van der Waals surface area contributed by atoms with Crippen LogP contribution in [-0.2, 0) is 11.2 Å². The number of anilines is 1. The van der Waals surface area contributed by atoms with E-state index in [1.54, 1.807) is 15.6 Å². The fourth-order valence-corrected chi connectivity index (χ4v) is 3.59. The number of para-hydroxylation sites is 1. The third kappa shape index (κ3) is 4.16. The average Bonchev–Trinajstić information content (AvgIpc) is 3.20. The van der Waals surface area contributed by atoms with Crippen molar-refractivity contribution in [2.45, 2.75) is 20.3 Å². The van der Waals surface area contributed by atoms with Gasteiger partial charge in [0.2, 0.25) is 11.7 Å². The molecule has 30 heavy (non-hydrogen) atoms. The molecule has 0 unspecified atom stereocenters. The molecule has 3 aromatic rings. The number of aryl methyl sites for hydroxylation is 2. The molecule has 3 heterocycles. The van der Waals surface area contributed by atoms with Gasteiger partial charge in [-0.3, -0.25) is 14.5 Å². The third-order valence-corrected chi connectivity index (χ3v) is 5.32. The van der Waals surface area contributed by atoms with E-state index in [-0.39, 0.29) is 17.6 Å². The monoisotopic (exact) mass is 407 g/mol. The Kier molecular flexibility index (Phi) is 5.71. The zero-order valence-corrected chi connectivity index (χ0v) is 17.2. The first-order valence-electron chi connectivity index (χ1n) is 10.1. The van der Waals surface area contributed by atoms with Crippen LogP contribution in [0.5, 0.6) is 0 Å². The van der Waals surface area contributed by atoms with Crippen molar-refractivity contribution in [2.24, 2.45) is 0 Å². The zero-order chi connectivity index (χ0) is 21.1. The van der Waals surface area contributed by atoms with Crippen LogP contribution < -0.4 is 5.32 Å². The normalized spacial score (nSPS) is 14.8. The van der Waals surface area contributed by atoms with Crippen molar-refractivity contribution in [1.29, 1.82) is 0 Å². The van der Waals surface area contributed by atoms with E-state index in [4.69, 9.17) is 0 Å². The molecule has 0 bridgehead atoms. The fourth-order valence-electron chi connectivity index (χ4n) is 3.59. The summed E-state index contributed by atoms with van der Waals surface area (Å²) in [6, 6.07) is 9.65. The maximum absolute atomic E-state index is 12.8. The molecule has 1 fully saturated rings. The molecule has 156 valence electrons. The van der Waals surface area contributed by atoms with Crippen LogP contribution >= 0.6 is 0 Å². The van der Waals surface area contributed by atoms with Crippen molar-refractivity contribution < 1.29 is 9.59 Å². The molecule has 1 N–H and O–H groups in total. The van der Waals surface area contributed by atoms with Crippen LogP contribution in [0.2, 0.25) is 0 Å². The molecule has 1 aliphatic rings. The predicted octanol–water partition coefficient (Wildman–Crippen LogP) is 1.39. The highest BCUT2D eigenvalue weighted by Crippen LogP contribution is 2.15. The molecule has 0 aliphatic carbocycles. The summed E-state index contributed by atoms with van der Waals surface area (Å²) in [5, 5.41) is 7.29. The second-order valence-corrected chi connectivity index (χ2v) is 7.36. The lowest BCUT2D eigenvalue weighted by atomic mass is 10.1. The minimum absolute atomic E-state index is 0.0424. The molecule has 0 radical (unpaired) electrons. The van der Waals surface area contributed by atoms with Gasteiger partial charge in [-0.1, -0.05) is 25.1 Å². The maximum atomic E-state index is 12.8. The molecule has 2 aromatic heterocycles. The topological polar surface area (TPSA) is 95.7 Å². The average molecular weight is 407 g/mol. The summed E-state index contributed by atoms with van der Waals surface area (Å²) in [6.45, 7) is 6.56. The van der Waals surface area contributed by atoms with Crippen LogP contribution in [0.15, 0.2) is 36.5 Å². The number of amides is 2.